The van der Waals surface area contributed by atoms with Crippen LogP contribution in [0.1, 0.15) is 30.3 Å². The summed E-state index contributed by atoms with van der Waals surface area (Å²) in [5, 5.41) is 4.18. The maximum Gasteiger partial charge on any atom is 0.164 e. The fraction of sp³-hybridized carbons (Fsp3) is 0.429. The highest BCUT2D eigenvalue weighted by molar-refractivity contribution is 5.56. The van der Waals surface area contributed by atoms with Crippen molar-refractivity contribution in [2.45, 2.75) is 40.3 Å². The first-order valence-electron chi connectivity index (χ1n) is 6.48. The molecule has 102 valence electrons. The van der Waals surface area contributed by atoms with Crippen LogP contribution in [0.2, 0.25) is 0 Å². The summed E-state index contributed by atoms with van der Waals surface area (Å²) in [5.41, 5.74) is 8.70. The Kier molecular flexibility index (Phi) is 4.04. The van der Waals surface area contributed by atoms with Gasteiger partial charge in [-0.05, 0) is 31.9 Å². The fourth-order valence-electron chi connectivity index (χ4n) is 2.00. The molecular formula is C14H20N4O. The molecule has 0 unspecified atom stereocenters. The van der Waals surface area contributed by atoms with Crippen LogP contribution in [0, 0.1) is 13.8 Å². The van der Waals surface area contributed by atoms with Crippen molar-refractivity contribution in [1.29, 1.82) is 0 Å². The van der Waals surface area contributed by atoms with E-state index in [1.54, 1.807) is 6.33 Å². The van der Waals surface area contributed by atoms with Gasteiger partial charge in [0.1, 0.15) is 18.7 Å². The summed E-state index contributed by atoms with van der Waals surface area (Å²) in [6.07, 6.45) is 2.58. The molecule has 19 heavy (non-hydrogen) atoms. The van der Waals surface area contributed by atoms with Crippen LogP contribution in [0.4, 0.5) is 5.69 Å². The van der Waals surface area contributed by atoms with Gasteiger partial charge in [0.2, 0.25) is 0 Å². The van der Waals surface area contributed by atoms with Crippen molar-refractivity contribution >= 4 is 5.69 Å². The highest BCUT2D eigenvalue weighted by atomic mass is 16.5. The Morgan fingerprint density at radius 2 is 2.11 bits per heavy atom. The minimum absolute atomic E-state index is 0.408. The lowest BCUT2D eigenvalue weighted by molar-refractivity contribution is 0.282. The first-order valence-corrected chi connectivity index (χ1v) is 6.48. The molecule has 0 aliphatic carbocycles. The van der Waals surface area contributed by atoms with Crippen molar-refractivity contribution in [2.75, 3.05) is 5.73 Å². The van der Waals surface area contributed by atoms with E-state index < -0.39 is 0 Å². The lowest BCUT2D eigenvalue weighted by atomic mass is 10.1. The monoisotopic (exact) mass is 260 g/mol. The van der Waals surface area contributed by atoms with Crippen LogP contribution < -0.4 is 10.5 Å². The van der Waals surface area contributed by atoms with Crippen molar-refractivity contribution in [2.24, 2.45) is 0 Å². The van der Waals surface area contributed by atoms with Crippen molar-refractivity contribution in [3.63, 3.8) is 0 Å². The number of nitrogens with two attached hydrogens (primary N) is 1. The summed E-state index contributed by atoms with van der Waals surface area (Å²) in [6.45, 7) is 7.35. The van der Waals surface area contributed by atoms with Gasteiger partial charge in [0, 0.05) is 17.8 Å². The zero-order valence-electron chi connectivity index (χ0n) is 11.7. The van der Waals surface area contributed by atoms with Gasteiger partial charge in [0.05, 0.1) is 0 Å². The second kappa shape index (κ2) is 5.73. The van der Waals surface area contributed by atoms with Gasteiger partial charge in [-0.1, -0.05) is 13.0 Å². The first kappa shape index (κ1) is 13.4. The van der Waals surface area contributed by atoms with E-state index in [9.17, 15) is 0 Å². The summed E-state index contributed by atoms with van der Waals surface area (Å²) >= 11 is 0. The molecule has 2 N–H and O–H groups in total. The number of nitrogens with zero attached hydrogens (tertiary/aromatic N) is 3. The predicted molar refractivity (Wildman–Crippen MR) is 75.0 cm³/mol. The van der Waals surface area contributed by atoms with E-state index in [0.717, 1.165) is 41.4 Å². The molecule has 0 aliphatic rings. The third-order valence-corrected chi connectivity index (χ3v) is 3.12. The zero-order valence-corrected chi connectivity index (χ0v) is 11.7. The van der Waals surface area contributed by atoms with Gasteiger partial charge in [-0.15, -0.1) is 0 Å². The van der Waals surface area contributed by atoms with Gasteiger partial charge >= 0.3 is 0 Å². The standard InChI is InChI=1S/C14H20N4O/c1-4-7-18-13(16-9-17-18)8-19-14-10(2)5-6-12(15)11(14)3/h5-6,9H,4,7-8,15H2,1-3H3. The molecule has 2 rings (SSSR count). The molecule has 0 aliphatic heterocycles. The first-order chi connectivity index (χ1) is 9.13. The van der Waals surface area contributed by atoms with Crippen LogP contribution in [0.5, 0.6) is 5.75 Å². The minimum atomic E-state index is 0.408. The van der Waals surface area contributed by atoms with Gasteiger partial charge in [-0.2, -0.15) is 5.10 Å². The van der Waals surface area contributed by atoms with Crippen molar-refractivity contribution in [3.8, 4) is 5.75 Å². The number of anilines is 1. The summed E-state index contributed by atoms with van der Waals surface area (Å²) < 4.78 is 7.75. The van der Waals surface area contributed by atoms with E-state index in [1.807, 2.05) is 30.7 Å². The average molecular weight is 260 g/mol. The van der Waals surface area contributed by atoms with E-state index in [1.165, 1.54) is 0 Å². The van der Waals surface area contributed by atoms with Crippen LogP contribution in [-0.2, 0) is 13.2 Å². The molecule has 0 spiro atoms. The highest BCUT2D eigenvalue weighted by Crippen LogP contribution is 2.28. The third kappa shape index (κ3) is 2.86. The normalized spacial score (nSPS) is 10.7. The molecule has 1 aromatic carbocycles. The number of rotatable bonds is 5. The second-order valence-corrected chi connectivity index (χ2v) is 4.61. The Bertz CT molecular complexity index is 563. The Morgan fingerprint density at radius 1 is 1.32 bits per heavy atom. The van der Waals surface area contributed by atoms with E-state index >= 15 is 0 Å². The number of ether oxygens (including phenoxy) is 1. The van der Waals surface area contributed by atoms with E-state index in [0.29, 0.717) is 6.61 Å². The highest BCUT2D eigenvalue weighted by Gasteiger charge is 2.09. The topological polar surface area (TPSA) is 66.0 Å². The number of hydrogen-bond donors (Lipinski definition) is 1. The SMILES string of the molecule is CCCn1ncnc1COc1c(C)ccc(N)c1C. The molecule has 0 atom stereocenters. The summed E-state index contributed by atoms with van der Waals surface area (Å²) in [4.78, 5) is 4.23. The van der Waals surface area contributed by atoms with E-state index in [4.69, 9.17) is 10.5 Å². The maximum atomic E-state index is 5.90. The predicted octanol–water partition coefficient (Wildman–Crippen LogP) is 2.47. The molecule has 0 bridgehead atoms. The molecule has 0 radical (unpaired) electrons. The smallest absolute Gasteiger partial charge is 0.164 e. The summed E-state index contributed by atoms with van der Waals surface area (Å²) in [6, 6.07) is 3.87. The van der Waals surface area contributed by atoms with Crippen LogP contribution in [0.15, 0.2) is 18.5 Å². The zero-order chi connectivity index (χ0) is 13.8. The third-order valence-electron chi connectivity index (χ3n) is 3.12. The maximum absolute atomic E-state index is 5.90. The van der Waals surface area contributed by atoms with Gasteiger partial charge in [0.25, 0.3) is 0 Å². The number of hydrogen-bond acceptors (Lipinski definition) is 4. The lowest BCUT2D eigenvalue weighted by Gasteiger charge is -2.13. The number of benzene rings is 1. The fourth-order valence-corrected chi connectivity index (χ4v) is 2.00. The Balaban J connectivity index is 2.14. The molecule has 0 amide bonds. The largest absolute Gasteiger partial charge is 0.485 e. The van der Waals surface area contributed by atoms with E-state index in [-0.39, 0.29) is 0 Å². The molecule has 1 heterocycles. The van der Waals surface area contributed by atoms with Crippen molar-refractivity contribution < 1.29 is 4.74 Å². The molecule has 0 saturated carbocycles. The Morgan fingerprint density at radius 3 is 2.84 bits per heavy atom. The van der Waals surface area contributed by atoms with Crippen molar-refractivity contribution in [1.82, 2.24) is 14.8 Å². The number of nitrogen functional groups attached to an aromatic ring is 1. The summed E-state index contributed by atoms with van der Waals surface area (Å²) in [7, 11) is 0. The van der Waals surface area contributed by atoms with E-state index in [2.05, 4.69) is 17.0 Å². The van der Waals surface area contributed by atoms with Crippen LogP contribution in [-0.4, -0.2) is 14.8 Å². The quantitative estimate of drug-likeness (QED) is 0.839. The molecule has 5 heteroatoms. The molecule has 2 aromatic rings. The Labute approximate surface area is 113 Å². The molecule has 0 fully saturated rings. The minimum Gasteiger partial charge on any atom is -0.485 e. The second-order valence-electron chi connectivity index (χ2n) is 4.61. The van der Waals surface area contributed by atoms with Crippen LogP contribution in [0.25, 0.3) is 0 Å². The molecule has 0 saturated heterocycles. The molecule has 1 aromatic heterocycles. The van der Waals surface area contributed by atoms with Crippen LogP contribution >= 0.6 is 0 Å². The number of aryl methyl sites for hydroxylation is 2. The van der Waals surface area contributed by atoms with Gasteiger partial charge < -0.3 is 10.5 Å². The molecule has 5 nitrogen and oxygen atoms in total. The van der Waals surface area contributed by atoms with Crippen molar-refractivity contribution in [3.05, 3.63) is 35.4 Å². The van der Waals surface area contributed by atoms with Gasteiger partial charge in [-0.3, -0.25) is 0 Å². The van der Waals surface area contributed by atoms with Crippen LogP contribution in [0.3, 0.4) is 0 Å². The molecular weight excluding hydrogens is 240 g/mol. The van der Waals surface area contributed by atoms with Gasteiger partial charge in [-0.25, -0.2) is 9.67 Å². The Hall–Kier alpha value is -2.04. The van der Waals surface area contributed by atoms with Gasteiger partial charge in [0.15, 0.2) is 5.82 Å². The summed E-state index contributed by atoms with van der Waals surface area (Å²) in [5.74, 6) is 1.68. The number of aromatic nitrogens is 3. The average Bonchev–Trinajstić information content (AvgIpc) is 2.82. The lowest BCUT2D eigenvalue weighted by Crippen LogP contribution is -2.09.